The number of aryl methyl sites for hydroxylation is 1. The van der Waals surface area contributed by atoms with Gasteiger partial charge in [-0.25, -0.2) is 0 Å². The van der Waals surface area contributed by atoms with Crippen LogP contribution in [0.25, 0.3) is 0 Å². The maximum absolute atomic E-state index is 12.3. The molecule has 0 N–H and O–H groups in total. The highest BCUT2D eigenvalue weighted by Crippen LogP contribution is 2.17. The van der Waals surface area contributed by atoms with Gasteiger partial charge in [0.2, 0.25) is 11.8 Å². The van der Waals surface area contributed by atoms with E-state index in [0.717, 1.165) is 25.9 Å². The van der Waals surface area contributed by atoms with Gasteiger partial charge in [0.1, 0.15) is 6.04 Å². The Bertz CT molecular complexity index is 546. The third-order valence-electron chi connectivity index (χ3n) is 4.60. The third kappa shape index (κ3) is 3.14. The minimum absolute atomic E-state index is 0.0763. The molecule has 0 radical (unpaired) electrons. The Morgan fingerprint density at radius 3 is 2.68 bits per heavy atom. The SMILES string of the molecule is CN1CC(=O)N2CCN(CCCc3ccccc3)C[C@@H]2C1=O. The number of piperazine rings is 2. The van der Waals surface area contributed by atoms with E-state index in [1.54, 1.807) is 16.8 Å². The Hall–Kier alpha value is -1.88. The van der Waals surface area contributed by atoms with Crippen molar-refractivity contribution in [2.75, 3.05) is 39.8 Å². The van der Waals surface area contributed by atoms with E-state index < -0.39 is 0 Å². The van der Waals surface area contributed by atoms with Gasteiger partial charge < -0.3 is 9.80 Å². The second-order valence-corrected chi connectivity index (χ2v) is 6.19. The van der Waals surface area contributed by atoms with Crippen LogP contribution in [-0.4, -0.2) is 72.3 Å². The molecule has 0 bridgehead atoms. The smallest absolute Gasteiger partial charge is 0.246 e. The molecule has 5 nitrogen and oxygen atoms in total. The van der Waals surface area contributed by atoms with Crippen molar-refractivity contribution in [2.24, 2.45) is 0 Å². The normalized spacial score (nSPS) is 22.9. The molecule has 0 unspecified atom stereocenters. The minimum Gasteiger partial charge on any atom is -0.335 e. The standard InChI is InChI=1S/C17H23N3O2/c1-18-13-16(21)20-11-10-19(12-15(20)17(18)22)9-5-8-14-6-3-2-4-7-14/h2-4,6-7,15H,5,8-13H2,1H3/t15-/m1/s1. The molecule has 0 aliphatic carbocycles. The second-order valence-electron chi connectivity index (χ2n) is 6.19. The molecule has 1 aromatic rings. The Kier molecular flexibility index (Phi) is 4.43. The van der Waals surface area contributed by atoms with Gasteiger partial charge in [0.25, 0.3) is 0 Å². The summed E-state index contributed by atoms with van der Waals surface area (Å²) in [5, 5.41) is 0. The largest absolute Gasteiger partial charge is 0.335 e. The van der Waals surface area contributed by atoms with Gasteiger partial charge in [-0.05, 0) is 24.9 Å². The van der Waals surface area contributed by atoms with Crippen molar-refractivity contribution in [3.8, 4) is 0 Å². The maximum Gasteiger partial charge on any atom is 0.246 e. The van der Waals surface area contributed by atoms with Gasteiger partial charge in [0, 0.05) is 26.7 Å². The fraction of sp³-hybridized carbons (Fsp3) is 0.529. The van der Waals surface area contributed by atoms with Gasteiger partial charge in [-0.1, -0.05) is 30.3 Å². The molecular formula is C17H23N3O2. The number of carbonyl (C=O) groups excluding carboxylic acids is 2. The first-order valence-corrected chi connectivity index (χ1v) is 7.96. The second kappa shape index (κ2) is 6.48. The Morgan fingerprint density at radius 2 is 1.91 bits per heavy atom. The van der Waals surface area contributed by atoms with Crippen molar-refractivity contribution >= 4 is 11.8 Å². The van der Waals surface area contributed by atoms with Crippen molar-refractivity contribution in [1.82, 2.24) is 14.7 Å². The van der Waals surface area contributed by atoms with Crippen LogP contribution < -0.4 is 0 Å². The summed E-state index contributed by atoms with van der Waals surface area (Å²) in [7, 11) is 1.71. The number of rotatable bonds is 4. The number of nitrogens with zero attached hydrogens (tertiary/aromatic N) is 3. The summed E-state index contributed by atoms with van der Waals surface area (Å²) < 4.78 is 0. The topological polar surface area (TPSA) is 43.9 Å². The number of hydrogen-bond acceptors (Lipinski definition) is 3. The Balaban J connectivity index is 1.52. The van der Waals surface area contributed by atoms with Gasteiger partial charge in [0.05, 0.1) is 6.54 Å². The molecule has 2 saturated heterocycles. The molecule has 0 spiro atoms. The molecule has 2 amide bonds. The third-order valence-corrected chi connectivity index (χ3v) is 4.60. The monoisotopic (exact) mass is 301 g/mol. The van der Waals surface area contributed by atoms with Crippen LogP contribution >= 0.6 is 0 Å². The summed E-state index contributed by atoms with van der Waals surface area (Å²) in [5.41, 5.74) is 1.35. The summed E-state index contributed by atoms with van der Waals surface area (Å²) in [6, 6.07) is 10.2. The molecule has 5 heteroatoms. The highest BCUT2D eigenvalue weighted by atomic mass is 16.2. The minimum atomic E-state index is -0.281. The average Bonchev–Trinajstić information content (AvgIpc) is 2.54. The van der Waals surface area contributed by atoms with E-state index >= 15 is 0 Å². The molecule has 2 fully saturated rings. The van der Waals surface area contributed by atoms with Gasteiger partial charge in [0.15, 0.2) is 0 Å². The lowest BCUT2D eigenvalue weighted by atomic mass is 10.1. The molecule has 118 valence electrons. The number of benzene rings is 1. The van der Waals surface area contributed by atoms with E-state index in [-0.39, 0.29) is 24.4 Å². The van der Waals surface area contributed by atoms with Gasteiger partial charge in [-0.3, -0.25) is 14.5 Å². The predicted octanol–water partition coefficient (Wildman–Crippen LogP) is 0.604. The van der Waals surface area contributed by atoms with Crippen LogP contribution in [0.3, 0.4) is 0 Å². The van der Waals surface area contributed by atoms with E-state index in [0.29, 0.717) is 13.1 Å². The molecule has 1 atom stereocenters. The quantitative estimate of drug-likeness (QED) is 0.818. The summed E-state index contributed by atoms with van der Waals surface area (Å²) in [4.78, 5) is 29.9. The van der Waals surface area contributed by atoms with Crippen molar-refractivity contribution in [3.63, 3.8) is 0 Å². The van der Waals surface area contributed by atoms with Crippen LogP contribution in [0.4, 0.5) is 0 Å². The molecule has 0 saturated carbocycles. The summed E-state index contributed by atoms with van der Waals surface area (Å²) >= 11 is 0. The molecule has 22 heavy (non-hydrogen) atoms. The lowest BCUT2D eigenvalue weighted by Gasteiger charge is -2.45. The van der Waals surface area contributed by atoms with E-state index in [2.05, 4.69) is 29.2 Å². The molecule has 2 aliphatic heterocycles. The van der Waals surface area contributed by atoms with Crippen LogP contribution in [0.1, 0.15) is 12.0 Å². The number of fused-ring (bicyclic) bond motifs is 1. The van der Waals surface area contributed by atoms with Crippen molar-refractivity contribution in [2.45, 2.75) is 18.9 Å². The Morgan fingerprint density at radius 1 is 1.14 bits per heavy atom. The highest BCUT2D eigenvalue weighted by Gasteiger charge is 2.40. The van der Waals surface area contributed by atoms with E-state index in [4.69, 9.17) is 0 Å². The summed E-state index contributed by atoms with van der Waals surface area (Å²) in [6.45, 7) is 3.42. The number of carbonyl (C=O) groups is 2. The molecule has 3 rings (SSSR count). The van der Waals surface area contributed by atoms with E-state index in [1.807, 2.05) is 6.07 Å². The molecule has 1 aromatic carbocycles. The first-order chi connectivity index (χ1) is 10.6. The average molecular weight is 301 g/mol. The maximum atomic E-state index is 12.3. The zero-order chi connectivity index (χ0) is 15.5. The molecule has 0 aromatic heterocycles. The lowest BCUT2D eigenvalue weighted by Crippen LogP contribution is -2.66. The fourth-order valence-electron chi connectivity index (χ4n) is 3.33. The molecule has 2 heterocycles. The molecule has 2 aliphatic rings. The zero-order valence-corrected chi connectivity index (χ0v) is 13.1. The van der Waals surface area contributed by atoms with Crippen molar-refractivity contribution in [1.29, 1.82) is 0 Å². The van der Waals surface area contributed by atoms with Gasteiger partial charge in [-0.2, -0.15) is 0 Å². The van der Waals surface area contributed by atoms with Crippen LogP contribution in [0.5, 0.6) is 0 Å². The van der Waals surface area contributed by atoms with Gasteiger partial charge in [-0.15, -0.1) is 0 Å². The first kappa shape index (κ1) is 15.0. The summed E-state index contributed by atoms with van der Waals surface area (Å²) in [5.74, 6) is 0.156. The molecular weight excluding hydrogens is 278 g/mol. The highest BCUT2D eigenvalue weighted by molar-refractivity contribution is 5.95. The number of hydrogen-bond donors (Lipinski definition) is 0. The van der Waals surface area contributed by atoms with Crippen LogP contribution in [-0.2, 0) is 16.0 Å². The van der Waals surface area contributed by atoms with Crippen molar-refractivity contribution < 1.29 is 9.59 Å². The van der Waals surface area contributed by atoms with Gasteiger partial charge >= 0.3 is 0 Å². The fourth-order valence-corrected chi connectivity index (χ4v) is 3.33. The summed E-state index contributed by atoms with van der Waals surface area (Å²) in [6.07, 6.45) is 2.13. The Labute approximate surface area is 131 Å². The van der Waals surface area contributed by atoms with Crippen molar-refractivity contribution in [3.05, 3.63) is 35.9 Å². The van der Waals surface area contributed by atoms with E-state index in [1.165, 1.54) is 5.56 Å². The van der Waals surface area contributed by atoms with Crippen LogP contribution in [0, 0.1) is 0 Å². The zero-order valence-electron chi connectivity index (χ0n) is 13.1. The lowest BCUT2D eigenvalue weighted by molar-refractivity contribution is -0.158. The first-order valence-electron chi connectivity index (χ1n) is 7.96. The number of likely N-dealkylation sites (N-methyl/N-ethyl adjacent to an activating group) is 1. The predicted molar refractivity (Wildman–Crippen MR) is 84.3 cm³/mol. The number of amides is 2. The van der Waals surface area contributed by atoms with Crippen LogP contribution in [0.2, 0.25) is 0 Å². The van der Waals surface area contributed by atoms with E-state index in [9.17, 15) is 9.59 Å². The van der Waals surface area contributed by atoms with Crippen LogP contribution in [0.15, 0.2) is 30.3 Å².